The number of para-hydroxylation sites is 1. The Labute approximate surface area is 244 Å². The fourth-order valence-electron chi connectivity index (χ4n) is 5.99. The van der Waals surface area contributed by atoms with E-state index >= 15 is 0 Å². The summed E-state index contributed by atoms with van der Waals surface area (Å²) >= 11 is 0. The second kappa shape index (κ2) is 10.3. The molecule has 0 amide bonds. The highest BCUT2D eigenvalue weighted by Gasteiger charge is 2.55. The van der Waals surface area contributed by atoms with E-state index in [0.29, 0.717) is 30.3 Å². The van der Waals surface area contributed by atoms with Crippen molar-refractivity contribution in [3.63, 3.8) is 0 Å². The van der Waals surface area contributed by atoms with Crippen LogP contribution in [0.5, 0.6) is 23.0 Å². The average molecular weight is 556 g/mol. The number of ether oxygens (including phenoxy) is 4. The van der Waals surface area contributed by atoms with Crippen LogP contribution >= 0.6 is 0 Å². The predicted octanol–water partition coefficient (Wildman–Crippen LogP) is 8.52. The molecule has 0 fully saturated rings. The molecule has 1 spiro atoms. The fourth-order valence-corrected chi connectivity index (χ4v) is 5.99. The summed E-state index contributed by atoms with van der Waals surface area (Å²) in [6, 6.07) is 37.3. The Morgan fingerprint density at radius 3 is 1.86 bits per heavy atom. The Hall–Kier alpha value is -5.23. The van der Waals surface area contributed by atoms with Crippen LogP contribution in [0.1, 0.15) is 40.9 Å². The van der Waals surface area contributed by atoms with Crippen molar-refractivity contribution in [1.82, 2.24) is 0 Å². The summed E-state index contributed by atoms with van der Waals surface area (Å²) in [6.45, 7) is 5.10. The molecule has 6 nitrogen and oxygen atoms in total. The maximum Gasteiger partial charge on any atom is 0.340 e. The van der Waals surface area contributed by atoms with Crippen LogP contribution in [0.3, 0.4) is 0 Å². The van der Waals surface area contributed by atoms with Gasteiger partial charge in [0.1, 0.15) is 23.0 Å². The maximum absolute atomic E-state index is 13.5. The zero-order valence-electron chi connectivity index (χ0n) is 23.4. The number of fused-ring (bicyclic) bond motifs is 6. The Balaban J connectivity index is 1.50. The average Bonchev–Trinajstić information content (AvgIpc) is 3.32. The van der Waals surface area contributed by atoms with Gasteiger partial charge in [0, 0.05) is 22.5 Å². The fraction of sp³-hybridized carbons (Fsp3) is 0.139. The summed E-state index contributed by atoms with van der Waals surface area (Å²) in [7, 11) is 0. The van der Waals surface area contributed by atoms with E-state index in [1.165, 1.54) is 0 Å². The number of esters is 1. The summed E-state index contributed by atoms with van der Waals surface area (Å²) in [4.78, 5) is 15.6. The lowest BCUT2D eigenvalue weighted by Crippen LogP contribution is -2.34. The molecule has 1 atom stereocenters. The molecule has 2 aliphatic heterocycles. The summed E-state index contributed by atoms with van der Waals surface area (Å²) in [5.74, 6) is 2.49. The molecule has 0 N–H and O–H groups in total. The van der Waals surface area contributed by atoms with E-state index in [4.69, 9.17) is 18.9 Å². The SMILES string of the molecule is CCOc1ccc(N(c2ccc(OCC)cc2)c2cccc3c2C2(OC(=O)c4ccccc42)c2ccccc2O3)cc1. The molecule has 0 saturated heterocycles. The van der Waals surface area contributed by atoms with Crippen molar-refractivity contribution in [2.45, 2.75) is 19.4 Å². The largest absolute Gasteiger partial charge is 0.494 e. The molecule has 0 bridgehead atoms. The van der Waals surface area contributed by atoms with Gasteiger partial charge < -0.3 is 23.8 Å². The maximum atomic E-state index is 13.5. The first-order valence-corrected chi connectivity index (χ1v) is 14.1. The highest BCUT2D eigenvalue weighted by molar-refractivity contribution is 5.98. The van der Waals surface area contributed by atoms with E-state index < -0.39 is 5.60 Å². The van der Waals surface area contributed by atoms with Gasteiger partial charge in [0.25, 0.3) is 0 Å². The third kappa shape index (κ3) is 3.98. The lowest BCUT2D eigenvalue weighted by molar-refractivity contribution is 0.0226. The first-order valence-electron chi connectivity index (χ1n) is 14.1. The van der Waals surface area contributed by atoms with Crippen molar-refractivity contribution >= 4 is 23.0 Å². The van der Waals surface area contributed by atoms with Crippen LogP contribution in [0.4, 0.5) is 17.1 Å². The zero-order chi connectivity index (χ0) is 28.7. The molecule has 0 aliphatic carbocycles. The molecule has 6 heteroatoms. The number of carbonyl (C=O) groups is 1. The van der Waals surface area contributed by atoms with E-state index in [9.17, 15) is 4.79 Å². The van der Waals surface area contributed by atoms with Crippen molar-refractivity contribution in [3.05, 3.63) is 138 Å². The van der Waals surface area contributed by atoms with Gasteiger partial charge in [-0.2, -0.15) is 0 Å². The van der Waals surface area contributed by atoms with E-state index in [2.05, 4.69) is 4.90 Å². The van der Waals surface area contributed by atoms with Crippen molar-refractivity contribution in [2.75, 3.05) is 18.1 Å². The van der Waals surface area contributed by atoms with E-state index in [-0.39, 0.29) is 5.97 Å². The Bertz CT molecular complexity index is 1730. The minimum Gasteiger partial charge on any atom is -0.494 e. The molecule has 2 heterocycles. The van der Waals surface area contributed by atoms with E-state index in [1.807, 2.05) is 129 Å². The lowest BCUT2D eigenvalue weighted by atomic mass is 9.76. The topological polar surface area (TPSA) is 57.2 Å². The van der Waals surface area contributed by atoms with Gasteiger partial charge in [0.2, 0.25) is 0 Å². The van der Waals surface area contributed by atoms with E-state index in [0.717, 1.165) is 45.3 Å². The summed E-state index contributed by atoms with van der Waals surface area (Å²) in [5.41, 5.74) is 4.29. The molecule has 208 valence electrons. The minimum absolute atomic E-state index is 0.364. The second-order valence-electron chi connectivity index (χ2n) is 10.1. The molecule has 1 unspecified atom stereocenters. The smallest absolute Gasteiger partial charge is 0.340 e. The quantitative estimate of drug-likeness (QED) is 0.188. The van der Waals surface area contributed by atoms with Crippen LogP contribution in [-0.4, -0.2) is 19.2 Å². The molecule has 2 aliphatic rings. The number of rotatable bonds is 7. The van der Waals surface area contributed by atoms with Gasteiger partial charge in [0.05, 0.1) is 30.0 Å². The molecular weight excluding hydrogens is 526 g/mol. The molecule has 5 aromatic rings. The van der Waals surface area contributed by atoms with Crippen molar-refractivity contribution in [2.24, 2.45) is 0 Å². The number of hydrogen-bond acceptors (Lipinski definition) is 6. The molecular formula is C36H29NO5. The van der Waals surface area contributed by atoms with Crippen molar-refractivity contribution in [1.29, 1.82) is 0 Å². The number of hydrogen-bond donors (Lipinski definition) is 0. The van der Waals surface area contributed by atoms with Crippen molar-refractivity contribution in [3.8, 4) is 23.0 Å². The predicted molar refractivity (Wildman–Crippen MR) is 162 cm³/mol. The van der Waals surface area contributed by atoms with Crippen LogP contribution in [0.2, 0.25) is 0 Å². The molecule has 0 radical (unpaired) electrons. The standard InChI is InChI=1S/C36H29NO5/c1-3-39-26-20-16-24(17-21-26)37(25-18-22-27(23-19-25)40-4-2)31-13-9-15-33-34(31)36(30-12-7-8-14-32(30)41-33)29-11-6-5-10-28(29)35(38)42-36/h5-23H,3-4H2,1-2H3. The van der Waals surface area contributed by atoms with Gasteiger partial charge in [-0.05, 0) is 86.6 Å². The number of anilines is 3. The highest BCUT2D eigenvalue weighted by Crippen LogP contribution is 2.59. The first kappa shape index (κ1) is 25.7. The van der Waals surface area contributed by atoms with Gasteiger partial charge in [-0.3, -0.25) is 0 Å². The molecule has 7 rings (SSSR count). The van der Waals surface area contributed by atoms with E-state index in [1.54, 1.807) is 0 Å². The lowest BCUT2D eigenvalue weighted by Gasteiger charge is -2.40. The summed E-state index contributed by atoms with van der Waals surface area (Å²) < 4.78 is 24.5. The second-order valence-corrected chi connectivity index (χ2v) is 10.1. The van der Waals surface area contributed by atoms with Crippen LogP contribution in [-0.2, 0) is 10.3 Å². The summed E-state index contributed by atoms with van der Waals surface area (Å²) in [6.07, 6.45) is 0. The van der Waals surface area contributed by atoms with Crippen LogP contribution in [0.25, 0.3) is 0 Å². The third-order valence-corrected chi connectivity index (χ3v) is 7.67. The van der Waals surface area contributed by atoms with Gasteiger partial charge in [-0.25, -0.2) is 4.79 Å². The zero-order valence-corrected chi connectivity index (χ0v) is 23.4. The van der Waals surface area contributed by atoms with Gasteiger partial charge in [0.15, 0.2) is 5.60 Å². The Morgan fingerprint density at radius 2 is 1.21 bits per heavy atom. The molecule has 5 aromatic carbocycles. The number of nitrogens with zero attached hydrogens (tertiary/aromatic N) is 1. The Kier molecular flexibility index (Phi) is 6.31. The minimum atomic E-state index is -1.21. The third-order valence-electron chi connectivity index (χ3n) is 7.67. The summed E-state index contributed by atoms with van der Waals surface area (Å²) in [5, 5.41) is 0. The van der Waals surface area contributed by atoms with Crippen LogP contribution in [0, 0.1) is 0 Å². The number of benzene rings is 5. The van der Waals surface area contributed by atoms with Gasteiger partial charge in [-0.15, -0.1) is 0 Å². The van der Waals surface area contributed by atoms with Gasteiger partial charge in [-0.1, -0.05) is 42.5 Å². The highest BCUT2D eigenvalue weighted by atomic mass is 16.6. The first-order chi connectivity index (χ1) is 20.6. The Morgan fingerprint density at radius 1 is 0.643 bits per heavy atom. The number of carbonyl (C=O) groups excluding carboxylic acids is 1. The van der Waals surface area contributed by atoms with Crippen LogP contribution < -0.4 is 19.1 Å². The van der Waals surface area contributed by atoms with Crippen molar-refractivity contribution < 1.29 is 23.7 Å². The van der Waals surface area contributed by atoms with Crippen LogP contribution in [0.15, 0.2) is 115 Å². The van der Waals surface area contributed by atoms with Gasteiger partial charge >= 0.3 is 5.97 Å². The molecule has 42 heavy (non-hydrogen) atoms. The molecule has 0 saturated carbocycles. The molecule has 0 aromatic heterocycles. The monoisotopic (exact) mass is 555 g/mol. The normalized spacial score (nSPS) is 16.1.